The Bertz CT molecular complexity index is 173. The van der Waals surface area contributed by atoms with Crippen molar-refractivity contribution in [2.24, 2.45) is 16.2 Å². The molecule has 0 atom stereocenters. The molecule has 0 aromatic rings. The summed E-state index contributed by atoms with van der Waals surface area (Å²) >= 11 is 0. The van der Waals surface area contributed by atoms with Gasteiger partial charge in [0, 0.05) is 20.3 Å². The van der Waals surface area contributed by atoms with Crippen molar-refractivity contribution in [3.63, 3.8) is 0 Å². The lowest BCUT2D eigenvalue weighted by Crippen LogP contribution is -2.19. The van der Waals surface area contributed by atoms with E-state index >= 15 is 0 Å². The third-order valence-electron chi connectivity index (χ3n) is 1.32. The normalized spacial score (nSPS) is 18.8. The Morgan fingerprint density at radius 1 is 1.60 bits per heavy atom. The van der Waals surface area contributed by atoms with Crippen LogP contribution in [-0.2, 0) is 0 Å². The van der Waals surface area contributed by atoms with Crippen LogP contribution in [0.2, 0.25) is 0 Å². The van der Waals surface area contributed by atoms with Gasteiger partial charge in [-0.2, -0.15) is 0 Å². The van der Waals surface area contributed by atoms with Gasteiger partial charge in [-0.3, -0.25) is 0 Å². The van der Waals surface area contributed by atoms with Crippen molar-refractivity contribution in [1.29, 1.82) is 0 Å². The highest BCUT2D eigenvalue weighted by atomic mass is 15.4. The first-order valence-corrected chi connectivity index (χ1v) is 2.98. The van der Waals surface area contributed by atoms with Crippen LogP contribution in [0, 0.1) is 0 Å². The van der Waals surface area contributed by atoms with Crippen LogP contribution >= 0.6 is 0 Å². The molecule has 0 amide bonds. The Hall–Kier alpha value is -1.26. The fraction of sp³-hybridized carbons (Fsp3) is 0.600. The van der Waals surface area contributed by atoms with E-state index in [1.165, 1.54) is 0 Å². The minimum Gasteiger partial charge on any atom is -0.360 e. The average molecular weight is 141 g/mol. The van der Waals surface area contributed by atoms with Gasteiger partial charge in [-0.15, -0.1) is 5.11 Å². The number of rotatable bonds is 1. The van der Waals surface area contributed by atoms with Gasteiger partial charge in [-0.25, -0.2) is 0 Å². The molecule has 0 aromatic carbocycles. The highest BCUT2D eigenvalue weighted by molar-refractivity contribution is 5.01. The van der Waals surface area contributed by atoms with Crippen molar-refractivity contribution in [1.82, 2.24) is 9.80 Å². The van der Waals surface area contributed by atoms with Crippen LogP contribution < -0.4 is 5.84 Å². The number of hydrogen-bond acceptors (Lipinski definition) is 4. The summed E-state index contributed by atoms with van der Waals surface area (Å²) in [5.74, 6) is 5.68. The summed E-state index contributed by atoms with van der Waals surface area (Å²) in [6.07, 6.45) is 1.89. The van der Waals surface area contributed by atoms with Crippen LogP contribution in [-0.4, -0.2) is 30.6 Å². The second-order valence-electron chi connectivity index (χ2n) is 2.30. The summed E-state index contributed by atoms with van der Waals surface area (Å²) in [7, 11) is 3.90. The molecule has 0 radical (unpaired) electrons. The van der Waals surface area contributed by atoms with Gasteiger partial charge in [-0.1, -0.05) is 5.22 Å². The monoisotopic (exact) mass is 141 g/mol. The number of nitrogens with zero attached hydrogens (tertiary/aromatic N) is 4. The highest BCUT2D eigenvalue weighted by Crippen LogP contribution is 2.11. The van der Waals surface area contributed by atoms with Gasteiger partial charge < -0.3 is 15.6 Å². The first-order chi connectivity index (χ1) is 4.74. The second-order valence-corrected chi connectivity index (χ2v) is 2.30. The molecule has 0 aromatic heterocycles. The molecule has 56 valence electrons. The van der Waals surface area contributed by atoms with E-state index in [2.05, 4.69) is 10.3 Å². The zero-order valence-corrected chi connectivity index (χ0v) is 6.15. The summed E-state index contributed by atoms with van der Waals surface area (Å²) in [6, 6.07) is 0. The Labute approximate surface area is 59.8 Å². The second kappa shape index (κ2) is 2.55. The molecule has 0 bridgehead atoms. The maximum atomic E-state index is 4.89. The van der Waals surface area contributed by atoms with Crippen LogP contribution in [0.4, 0.5) is 0 Å². The largest absolute Gasteiger partial charge is 0.360 e. The molecule has 10 heavy (non-hydrogen) atoms. The minimum atomic E-state index is 0.796. The smallest absolute Gasteiger partial charge is 0.170 e. The molecule has 5 nitrogen and oxygen atoms in total. The minimum absolute atomic E-state index is 0.796. The molecule has 1 rings (SSSR count). The predicted molar refractivity (Wildman–Crippen MR) is 37.5 cm³/mol. The summed E-state index contributed by atoms with van der Waals surface area (Å²) < 4.78 is 0. The lowest BCUT2D eigenvalue weighted by molar-refractivity contribution is 0.324. The third-order valence-corrected chi connectivity index (χ3v) is 1.32. The van der Waals surface area contributed by atoms with E-state index in [9.17, 15) is 0 Å². The summed E-state index contributed by atoms with van der Waals surface area (Å²) in [4.78, 5) is 3.96. The molecule has 1 aliphatic rings. The van der Waals surface area contributed by atoms with Crippen LogP contribution in [0.3, 0.4) is 0 Å². The predicted octanol–water partition coefficient (Wildman–Crippen LogP) is -0.0541. The lowest BCUT2D eigenvalue weighted by atomic mass is 10.7. The molecule has 5 heteroatoms. The van der Waals surface area contributed by atoms with E-state index in [4.69, 9.17) is 5.84 Å². The molecule has 0 fully saturated rings. The molecule has 1 heterocycles. The van der Waals surface area contributed by atoms with E-state index in [-0.39, 0.29) is 0 Å². The number of hydrogen-bond donors (Lipinski definition) is 1. The fourth-order valence-electron chi connectivity index (χ4n) is 0.905. The van der Waals surface area contributed by atoms with Crippen LogP contribution in [0.1, 0.15) is 0 Å². The van der Waals surface area contributed by atoms with E-state index < -0.39 is 0 Å². The van der Waals surface area contributed by atoms with E-state index in [1.807, 2.05) is 30.1 Å². The fourth-order valence-corrected chi connectivity index (χ4v) is 0.905. The van der Waals surface area contributed by atoms with Crippen molar-refractivity contribution in [2.75, 3.05) is 20.8 Å². The first-order valence-electron chi connectivity index (χ1n) is 2.98. The van der Waals surface area contributed by atoms with Gasteiger partial charge in [-0.05, 0) is 0 Å². The molecule has 0 saturated carbocycles. The molecule has 0 spiro atoms. The summed E-state index contributed by atoms with van der Waals surface area (Å²) in [5.41, 5.74) is 0. The molecular formula is C5H11N5. The van der Waals surface area contributed by atoms with Gasteiger partial charge in [0.1, 0.15) is 0 Å². The lowest BCUT2D eigenvalue weighted by Gasteiger charge is -2.12. The zero-order valence-electron chi connectivity index (χ0n) is 6.15. The van der Waals surface area contributed by atoms with Crippen molar-refractivity contribution in [3.8, 4) is 0 Å². The molecule has 0 aliphatic carbocycles. The van der Waals surface area contributed by atoms with Crippen LogP contribution in [0.5, 0.6) is 0 Å². The molecule has 1 aliphatic heterocycles. The molecular weight excluding hydrogens is 130 g/mol. The Morgan fingerprint density at radius 3 is 2.70 bits per heavy atom. The quantitative estimate of drug-likeness (QED) is 0.316. The van der Waals surface area contributed by atoms with Crippen LogP contribution in [0.25, 0.3) is 0 Å². The Balaban J connectivity index is 2.65. The Kier molecular flexibility index (Phi) is 1.75. The topological polar surface area (TPSA) is 57.2 Å². The van der Waals surface area contributed by atoms with Crippen LogP contribution in [0.15, 0.2) is 22.4 Å². The van der Waals surface area contributed by atoms with Crippen molar-refractivity contribution in [3.05, 3.63) is 12.0 Å². The van der Waals surface area contributed by atoms with E-state index in [0.29, 0.717) is 0 Å². The Morgan fingerprint density at radius 2 is 2.30 bits per heavy atom. The number of nitrogens with two attached hydrogens (primary N) is 1. The van der Waals surface area contributed by atoms with Crippen molar-refractivity contribution < 1.29 is 0 Å². The first kappa shape index (κ1) is 6.85. The highest BCUT2D eigenvalue weighted by Gasteiger charge is 2.12. The average Bonchev–Trinajstić information content (AvgIpc) is 2.13. The van der Waals surface area contributed by atoms with Gasteiger partial charge >= 0.3 is 0 Å². The van der Waals surface area contributed by atoms with Crippen molar-refractivity contribution >= 4 is 0 Å². The van der Waals surface area contributed by atoms with Gasteiger partial charge in [0.05, 0.1) is 6.67 Å². The molecule has 0 unspecified atom stereocenters. The summed E-state index contributed by atoms with van der Waals surface area (Å²) in [5, 5.41) is 6.89. The van der Waals surface area contributed by atoms with E-state index in [1.54, 1.807) is 0 Å². The zero-order chi connectivity index (χ0) is 7.56. The maximum Gasteiger partial charge on any atom is 0.170 e. The standard InChI is InChI=1S/C5H11N5/c1-9-3-5(7-8-6)10(2)4-9/h3H,4H2,1-2H3,(H2,6,7). The van der Waals surface area contributed by atoms with E-state index in [0.717, 1.165) is 12.5 Å². The van der Waals surface area contributed by atoms with Gasteiger partial charge in [0.15, 0.2) is 5.82 Å². The maximum absolute atomic E-state index is 4.89. The molecule has 0 saturated heterocycles. The van der Waals surface area contributed by atoms with Crippen molar-refractivity contribution in [2.45, 2.75) is 0 Å². The van der Waals surface area contributed by atoms with Gasteiger partial charge in [0.25, 0.3) is 0 Å². The SMILES string of the molecule is CN1C=C(N=NN)N(C)C1. The third kappa shape index (κ3) is 1.18. The van der Waals surface area contributed by atoms with Gasteiger partial charge in [0.2, 0.25) is 0 Å². The molecule has 2 N–H and O–H groups in total. The summed E-state index contributed by atoms with van der Waals surface area (Å²) in [6.45, 7) is 0.842.